The van der Waals surface area contributed by atoms with Crippen LogP contribution >= 0.6 is 0 Å². The molecule has 0 aliphatic carbocycles. The molecule has 0 saturated heterocycles. The van der Waals surface area contributed by atoms with Crippen LogP contribution in [0.4, 0.5) is 0 Å². The summed E-state index contributed by atoms with van der Waals surface area (Å²) in [5, 5.41) is 9.87. The van der Waals surface area contributed by atoms with Crippen LogP contribution < -0.4 is 4.74 Å². The SMILES string of the molecule is CCCCC(CC)(CO)CC1Cc2cc(C)ccc2O1. The fourth-order valence-electron chi connectivity index (χ4n) is 3.28. The molecule has 1 aliphatic heterocycles. The van der Waals surface area contributed by atoms with Crippen molar-refractivity contribution in [1.29, 1.82) is 0 Å². The van der Waals surface area contributed by atoms with Crippen molar-refractivity contribution in [2.24, 2.45) is 5.41 Å². The fourth-order valence-corrected chi connectivity index (χ4v) is 3.28. The maximum Gasteiger partial charge on any atom is 0.123 e. The van der Waals surface area contributed by atoms with Gasteiger partial charge in [0.15, 0.2) is 0 Å². The van der Waals surface area contributed by atoms with Gasteiger partial charge in [-0.25, -0.2) is 0 Å². The van der Waals surface area contributed by atoms with Gasteiger partial charge in [-0.3, -0.25) is 0 Å². The van der Waals surface area contributed by atoms with E-state index in [0.717, 1.165) is 31.4 Å². The zero-order valence-corrected chi connectivity index (χ0v) is 13.1. The molecule has 2 heteroatoms. The standard InChI is InChI=1S/C18H28O2/c1-4-6-9-18(5-2,13-19)12-16-11-15-10-14(3)7-8-17(15)20-16/h7-8,10,16,19H,4-6,9,11-13H2,1-3H3. The number of unbranched alkanes of at least 4 members (excludes halogenated alkanes) is 1. The third kappa shape index (κ3) is 3.35. The van der Waals surface area contributed by atoms with E-state index in [0.29, 0.717) is 0 Å². The molecule has 2 atom stereocenters. The smallest absolute Gasteiger partial charge is 0.123 e. The molecule has 1 aliphatic rings. The van der Waals surface area contributed by atoms with Gasteiger partial charge in [0, 0.05) is 13.0 Å². The van der Waals surface area contributed by atoms with Crippen LogP contribution in [0, 0.1) is 12.3 Å². The van der Waals surface area contributed by atoms with Gasteiger partial charge in [-0.15, -0.1) is 0 Å². The van der Waals surface area contributed by atoms with Crippen molar-refractivity contribution in [2.45, 2.75) is 65.4 Å². The minimum absolute atomic E-state index is 0.0394. The molecule has 1 heterocycles. The van der Waals surface area contributed by atoms with Gasteiger partial charge in [0.05, 0.1) is 0 Å². The van der Waals surface area contributed by atoms with Crippen LogP contribution in [0.15, 0.2) is 18.2 Å². The lowest BCUT2D eigenvalue weighted by Gasteiger charge is -2.33. The average Bonchev–Trinajstić information content (AvgIpc) is 2.84. The number of benzene rings is 1. The number of aliphatic hydroxyl groups excluding tert-OH is 1. The van der Waals surface area contributed by atoms with Crippen LogP contribution in [0.5, 0.6) is 5.75 Å². The Bertz CT molecular complexity index is 435. The number of fused-ring (bicyclic) bond motifs is 1. The highest BCUT2D eigenvalue weighted by Gasteiger charge is 2.34. The van der Waals surface area contributed by atoms with Crippen LogP contribution in [0.2, 0.25) is 0 Å². The molecule has 0 radical (unpaired) electrons. The first-order valence-electron chi connectivity index (χ1n) is 7.99. The van der Waals surface area contributed by atoms with Gasteiger partial charge >= 0.3 is 0 Å². The highest BCUT2D eigenvalue weighted by atomic mass is 16.5. The van der Waals surface area contributed by atoms with Crippen LogP contribution in [-0.4, -0.2) is 17.8 Å². The Morgan fingerprint density at radius 1 is 1.35 bits per heavy atom. The lowest BCUT2D eigenvalue weighted by Crippen LogP contribution is -2.32. The van der Waals surface area contributed by atoms with Gasteiger partial charge in [-0.1, -0.05) is 44.4 Å². The summed E-state index contributed by atoms with van der Waals surface area (Å²) in [7, 11) is 0. The molecule has 2 nitrogen and oxygen atoms in total. The first-order chi connectivity index (χ1) is 9.62. The second-order valence-electron chi connectivity index (χ2n) is 6.37. The van der Waals surface area contributed by atoms with E-state index in [1.807, 2.05) is 0 Å². The van der Waals surface area contributed by atoms with Crippen LogP contribution in [-0.2, 0) is 6.42 Å². The van der Waals surface area contributed by atoms with Gasteiger partial charge in [0.1, 0.15) is 11.9 Å². The zero-order chi connectivity index (χ0) is 14.6. The highest BCUT2D eigenvalue weighted by Crippen LogP contribution is 2.39. The molecule has 0 fully saturated rings. The first kappa shape index (κ1) is 15.4. The molecule has 0 aromatic heterocycles. The summed E-state index contributed by atoms with van der Waals surface area (Å²) >= 11 is 0. The fraction of sp³-hybridized carbons (Fsp3) is 0.667. The van der Waals surface area contributed by atoms with Crippen molar-refractivity contribution in [2.75, 3.05) is 6.61 Å². The first-order valence-corrected chi connectivity index (χ1v) is 7.99. The van der Waals surface area contributed by atoms with E-state index in [1.54, 1.807) is 0 Å². The molecule has 0 amide bonds. The van der Waals surface area contributed by atoms with E-state index in [-0.39, 0.29) is 18.1 Å². The van der Waals surface area contributed by atoms with Gasteiger partial charge in [-0.05, 0) is 43.2 Å². The lowest BCUT2D eigenvalue weighted by molar-refractivity contribution is 0.0556. The molecule has 0 spiro atoms. The number of rotatable bonds is 7. The predicted octanol–water partition coefficient (Wildman–Crippen LogP) is 4.27. The summed E-state index contributed by atoms with van der Waals surface area (Å²) in [6.07, 6.45) is 6.69. The second kappa shape index (κ2) is 6.62. The Balaban J connectivity index is 2.03. The molecular formula is C18H28O2. The second-order valence-corrected chi connectivity index (χ2v) is 6.37. The maximum absolute atomic E-state index is 9.87. The van der Waals surface area contributed by atoms with Crippen molar-refractivity contribution in [3.05, 3.63) is 29.3 Å². The summed E-state index contributed by atoms with van der Waals surface area (Å²) in [5.41, 5.74) is 2.66. The number of hydrogen-bond donors (Lipinski definition) is 1. The van der Waals surface area contributed by atoms with E-state index in [4.69, 9.17) is 4.74 Å². The average molecular weight is 276 g/mol. The number of ether oxygens (including phenoxy) is 1. The Labute approximate surface area is 123 Å². The summed E-state index contributed by atoms with van der Waals surface area (Å²) in [6, 6.07) is 6.43. The summed E-state index contributed by atoms with van der Waals surface area (Å²) in [6.45, 7) is 6.80. The molecular weight excluding hydrogens is 248 g/mol. The normalized spacial score (nSPS) is 20.3. The van der Waals surface area contributed by atoms with Crippen molar-refractivity contribution < 1.29 is 9.84 Å². The van der Waals surface area contributed by atoms with Gasteiger partial charge in [0.25, 0.3) is 0 Å². The van der Waals surface area contributed by atoms with E-state index in [1.165, 1.54) is 24.0 Å². The summed E-state index contributed by atoms with van der Waals surface area (Å²) < 4.78 is 6.09. The number of aryl methyl sites for hydroxylation is 1. The monoisotopic (exact) mass is 276 g/mol. The van der Waals surface area contributed by atoms with Crippen molar-refractivity contribution in [3.8, 4) is 5.75 Å². The molecule has 20 heavy (non-hydrogen) atoms. The highest BCUT2D eigenvalue weighted by molar-refractivity contribution is 5.40. The molecule has 1 N–H and O–H groups in total. The van der Waals surface area contributed by atoms with Crippen molar-refractivity contribution in [3.63, 3.8) is 0 Å². The summed E-state index contributed by atoms with van der Waals surface area (Å²) in [4.78, 5) is 0. The van der Waals surface area contributed by atoms with Gasteiger partial charge < -0.3 is 9.84 Å². The molecule has 1 aromatic carbocycles. The van der Waals surface area contributed by atoms with Crippen LogP contribution in [0.1, 0.15) is 57.1 Å². The number of hydrogen-bond acceptors (Lipinski definition) is 2. The topological polar surface area (TPSA) is 29.5 Å². The van der Waals surface area contributed by atoms with Crippen molar-refractivity contribution >= 4 is 0 Å². The zero-order valence-electron chi connectivity index (χ0n) is 13.1. The number of aliphatic hydroxyl groups is 1. The Morgan fingerprint density at radius 2 is 2.15 bits per heavy atom. The van der Waals surface area contributed by atoms with Gasteiger partial charge in [-0.2, -0.15) is 0 Å². The maximum atomic E-state index is 9.87. The molecule has 2 rings (SSSR count). The molecule has 0 bridgehead atoms. The van der Waals surface area contributed by atoms with Gasteiger partial charge in [0.2, 0.25) is 0 Å². The minimum Gasteiger partial charge on any atom is -0.490 e. The lowest BCUT2D eigenvalue weighted by atomic mass is 9.76. The molecule has 2 unspecified atom stereocenters. The summed E-state index contributed by atoms with van der Waals surface area (Å²) in [5.74, 6) is 1.04. The Morgan fingerprint density at radius 3 is 2.80 bits per heavy atom. The molecule has 0 saturated carbocycles. The van der Waals surface area contributed by atoms with E-state index in [9.17, 15) is 5.11 Å². The molecule has 112 valence electrons. The van der Waals surface area contributed by atoms with Crippen LogP contribution in [0.25, 0.3) is 0 Å². The molecule has 1 aromatic rings. The minimum atomic E-state index is 0.0394. The largest absolute Gasteiger partial charge is 0.490 e. The van der Waals surface area contributed by atoms with Crippen molar-refractivity contribution in [1.82, 2.24) is 0 Å². The van der Waals surface area contributed by atoms with Crippen LogP contribution in [0.3, 0.4) is 0 Å². The van der Waals surface area contributed by atoms with E-state index >= 15 is 0 Å². The Kier molecular flexibility index (Phi) is 5.09. The third-order valence-corrected chi connectivity index (χ3v) is 4.76. The van der Waals surface area contributed by atoms with E-state index in [2.05, 4.69) is 39.0 Å². The predicted molar refractivity (Wildman–Crippen MR) is 83.3 cm³/mol. The Hall–Kier alpha value is -1.02. The quantitative estimate of drug-likeness (QED) is 0.806. The van der Waals surface area contributed by atoms with E-state index < -0.39 is 0 Å². The third-order valence-electron chi connectivity index (χ3n) is 4.76.